The van der Waals surface area contributed by atoms with Gasteiger partial charge in [-0.2, -0.15) is 0 Å². The second kappa shape index (κ2) is 6.87. The third kappa shape index (κ3) is 3.71. The minimum atomic E-state index is -0.552. The van der Waals surface area contributed by atoms with Crippen molar-refractivity contribution in [2.24, 2.45) is 0 Å². The van der Waals surface area contributed by atoms with Crippen LogP contribution >= 0.6 is 31.9 Å². The van der Waals surface area contributed by atoms with Crippen molar-refractivity contribution in [3.8, 4) is 11.5 Å². The highest BCUT2D eigenvalue weighted by molar-refractivity contribution is 9.10. The number of carbonyl (C=O) groups excluding carboxylic acids is 2. The van der Waals surface area contributed by atoms with Crippen LogP contribution in [0.25, 0.3) is 0 Å². The molecule has 0 heterocycles. The van der Waals surface area contributed by atoms with E-state index in [9.17, 15) is 9.59 Å². The van der Waals surface area contributed by atoms with Gasteiger partial charge in [-0.15, -0.1) is 0 Å². The molecule has 0 aromatic heterocycles. The molecule has 0 fully saturated rings. The molecule has 0 aliphatic carbocycles. The highest BCUT2D eigenvalue weighted by atomic mass is 79.9. The first-order valence-corrected chi connectivity index (χ1v) is 7.44. The maximum Gasteiger partial charge on any atom is 0.343 e. The first-order valence-electron chi connectivity index (χ1n) is 5.85. The standard InChI is InChI=1S/C15H10Br2O4/c1-20-14-4-2-9(7-12(14)17)15(19)21-13-5-3-11(16)6-10(13)8-18/h2-8H,1H3. The Morgan fingerprint density at radius 3 is 2.43 bits per heavy atom. The second-order valence-corrected chi connectivity index (χ2v) is 5.81. The number of ether oxygens (including phenoxy) is 2. The Hall–Kier alpha value is -1.66. The van der Waals surface area contributed by atoms with Crippen LogP contribution in [0.4, 0.5) is 0 Å². The molecule has 0 spiro atoms. The van der Waals surface area contributed by atoms with E-state index < -0.39 is 5.97 Å². The maximum atomic E-state index is 12.1. The van der Waals surface area contributed by atoms with Crippen LogP contribution in [-0.4, -0.2) is 19.4 Å². The highest BCUT2D eigenvalue weighted by Gasteiger charge is 2.13. The van der Waals surface area contributed by atoms with Crippen molar-refractivity contribution in [1.29, 1.82) is 0 Å². The van der Waals surface area contributed by atoms with Crippen molar-refractivity contribution in [3.63, 3.8) is 0 Å². The zero-order chi connectivity index (χ0) is 15.4. The zero-order valence-electron chi connectivity index (χ0n) is 10.9. The van der Waals surface area contributed by atoms with Crippen molar-refractivity contribution in [2.75, 3.05) is 7.11 Å². The molecule has 21 heavy (non-hydrogen) atoms. The summed E-state index contributed by atoms with van der Waals surface area (Å²) in [5.74, 6) is 0.276. The molecule has 0 aliphatic heterocycles. The topological polar surface area (TPSA) is 52.6 Å². The zero-order valence-corrected chi connectivity index (χ0v) is 14.1. The van der Waals surface area contributed by atoms with Gasteiger partial charge in [0.1, 0.15) is 11.5 Å². The van der Waals surface area contributed by atoms with Gasteiger partial charge >= 0.3 is 5.97 Å². The molecule has 0 aliphatic rings. The van der Waals surface area contributed by atoms with Crippen LogP contribution in [0, 0.1) is 0 Å². The smallest absolute Gasteiger partial charge is 0.343 e. The largest absolute Gasteiger partial charge is 0.496 e. The van der Waals surface area contributed by atoms with E-state index in [2.05, 4.69) is 31.9 Å². The summed E-state index contributed by atoms with van der Waals surface area (Å²) < 4.78 is 11.7. The number of hydrogen-bond donors (Lipinski definition) is 0. The molecule has 0 radical (unpaired) electrons. The van der Waals surface area contributed by atoms with E-state index in [1.807, 2.05) is 0 Å². The fourth-order valence-electron chi connectivity index (χ4n) is 1.66. The molecule has 0 atom stereocenters. The first kappa shape index (κ1) is 15.7. The monoisotopic (exact) mass is 412 g/mol. The SMILES string of the molecule is COc1ccc(C(=O)Oc2ccc(Br)cc2C=O)cc1Br. The second-order valence-electron chi connectivity index (χ2n) is 4.04. The average molecular weight is 414 g/mol. The van der Waals surface area contributed by atoms with Crippen LogP contribution in [0.3, 0.4) is 0 Å². The van der Waals surface area contributed by atoms with Gasteiger partial charge in [-0.3, -0.25) is 4.79 Å². The summed E-state index contributed by atoms with van der Waals surface area (Å²) >= 11 is 6.56. The Bertz CT molecular complexity index is 698. The molecule has 4 nitrogen and oxygen atoms in total. The summed E-state index contributed by atoms with van der Waals surface area (Å²) in [5.41, 5.74) is 0.646. The van der Waals surface area contributed by atoms with Gasteiger partial charge in [-0.05, 0) is 52.3 Å². The molecule has 0 saturated carbocycles. The van der Waals surface area contributed by atoms with Gasteiger partial charge in [-0.1, -0.05) is 15.9 Å². The van der Waals surface area contributed by atoms with Crippen LogP contribution < -0.4 is 9.47 Å². The number of esters is 1. The van der Waals surface area contributed by atoms with Gasteiger partial charge in [0.2, 0.25) is 0 Å². The van der Waals surface area contributed by atoms with Crippen molar-refractivity contribution in [2.45, 2.75) is 0 Å². The van der Waals surface area contributed by atoms with Gasteiger partial charge in [-0.25, -0.2) is 4.79 Å². The lowest BCUT2D eigenvalue weighted by Gasteiger charge is -2.08. The van der Waals surface area contributed by atoms with Crippen molar-refractivity contribution < 1.29 is 19.1 Å². The van der Waals surface area contributed by atoms with Crippen LogP contribution in [-0.2, 0) is 0 Å². The van der Waals surface area contributed by atoms with Gasteiger partial charge in [0.05, 0.1) is 22.7 Å². The predicted octanol–water partition coefficient (Wildman–Crippen LogP) is 4.25. The van der Waals surface area contributed by atoms with E-state index in [0.29, 0.717) is 27.6 Å². The molecule has 0 unspecified atom stereocenters. The van der Waals surface area contributed by atoms with Gasteiger partial charge in [0.15, 0.2) is 6.29 Å². The van der Waals surface area contributed by atoms with Gasteiger partial charge in [0.25, 0.3) is 0 Å². The minimum Gasteiger partial charge on any atom is -0.496 e. The number of aldehydes is 1. The molecular weight excluding hydrogens is 404 g/mol. The Labute approximate surface area is 138 Å². The van der Waals surface area contributed by atoms with E-state index in [1.54, 1.807) is 36.4 Å². The molecule has 0 bridgehead atoms. The molecule has 6 heteroatoms. The molecule has 108 valence electrons. The van der Waals surface area contributed by atoms with Gasteiger partial charge in [0, 0.05) is 4.47 Å². The van der Waals surface area contributed by atoms with Crippen LogP contribution in [0.2, 0.25) is 0 Å². The fourth-order valence-corrected chi connectivity index (χ4v) is 2.58. The van der Waals surface area contributed by atoms with Crippen molar-refractivity contribution >= 4 is 44.1 Å². The third-order valence-corrected chi connectivity index (χ3v) is 3.80. The Balaban J connectivity index is 2.26. The number of carbonyl (C=O) groups is 2. The summed E-state index contributed by atoms with van der Waals surface area (Å²) in [6.45, 7) is 0. The molecule has 2 aromatic carbocycles. The van der Waals surface area contributed by atoms with E-state index >= 15 is 0 Å². The summed E-state index contributed by atoms with van der Waals surface area (Å²) in [5, 5.41) is 0. The third-order valence-electron chi connectivity index (χ3n) is 2.69. The summed E-state index contributed by atoms with van der Waals surface area (Å²) in [4.78, 5) is 23.1. The van der Waals surface area contributed by atoms with Crippen LogP contribution in [0.1, 0.15) is 20.7 Å². The van der Waals surface area contributed by atoms with Gasteiger partial charge < -0.3 is 9.47 Å². The molecule has 0 N–H and O–H groups in total. The van der Waals surface area contributed by atoms with Crippen molar-refractivity contribution in [1.82, 2.24) is 0 Å². The maximum absolute atomic E-state index is 12.1. The van der Waals surface area contributed by atoms with E-state index in [0.717, 1.165) is 4.47 Å². The minimum absolute atomic E-state index is 0.213. The molecule has 0 amide bonds. The lowest BCUT2D eigenvalue weighted by molar-refractivity contribution is 0.0733. The Kier molecular flexibility index (Phi) is 5.14. The summed E-state index contributed by atoms with van der Waals surface area (Å²) in [6, 6.07) is 9.68. The van der Waals surface area contributed by atoms with E-state index in [-0.39, 0.29) is 5.75 Å². The van der Waals surface area contributed by atoms with E-state index in [4.69, 9.17) is 9.47 Å². The van der Waals surface area contributed by atoms with Crippen molar-refractivity contribution in [3.05, 3.63) is 56.5 Å². The number of methoxy groups -OCH3 is 1. The molecule has 2 aromatic rings. The van der Waals surface area contributed by atoms with Crippen LogP contribution in [0.15, 0.2) is 45.3 Å². The number of rotatable bonds is 4. The summed E-state index contributed by atoms with van der Waals surface area (Å²) in [6.07, 6.45) is 0.636. The fraction of sp³-hybridized carbons (Fsp3) is 0.0667. The van der Waals surface area contributed by atoms with E-state index in [1.165, 1.54) is 7.11 Å². The molecule has 2 rings (SSSR count). The summed E-state index contributed by atoms with van der Waals surface area (Å²) in [7, 11) is 1.54. The lowest BCUT2D eigenvalue weighted by atomic mass is 10.2. The predicted molar refractivity (Wildman–Crippen MR) is 85.2 cm³/mol. The average Bonchev–Trinajstić information content (AvgIpc) is 2.48. The highest BCUT2D eigenvalue weighted by Crippen LogP contribution is 2.27. The Morgan fingerprint density at radius 2 is 1.81 bits per heavy atom. The first-order chi connectivity index (χ1) is 10.0. The Morgan fingerprint density at radius 1 is 1.10 bits per heavy atom. The lowest BCUT2D eigenvalue weighted by Crippen LogP contribution is -2.10. The number of halogens is 2. The molecule has 0 saturated heterocycles. The van der Waals surface area contributed by atoms with Crippen LogP contribution in [0.5, 0.6) is 11.5 Å². The normalized spacial score (nSPS) is 10.0. The number of benzene rings is 2. The quantitative estimate of drug-likeness (QED) is 0.427. The number of hydrogen-bond acceptors (Lipinski definition) is 4. The molecular formula is C15H10Br2O4.